The largest absolute Gasteiger partial charge is 0.481 e. The molecule has 0 spiro atoms. The van der Waals surface area contributed by atoms with E-state index in [2.05, 4.69) is 0 Å². The zero-order chi connectivity index (χ0) is 15.0. The lowest BCUT2D eigenvalue weighted by molar-refractivity contribution is -0.138. The molecule has 2 saturated heterocycles. The van der Waals surface area contributed by atoms with E-state index in [1.165, 1.54) is 4.31 Å². The molecule has 2 aliphatic rings. The summed E-state index contributed by atoms with van der Waals surface area (Å²) in [5.74, 6) is -1.51. The monoisotopic (exact) mass is 325 g/mol. The van der Waals surface area contributed by atoms with Gasteiger partial charge in [-0.25, -0.2) is 21.1 Å². The van der Waals surface area contributed by atoms with Crippen LogP contribution in [0.5, 0.6) is 0 Å². The molecule has 1 N–H and O–H groups in total. The Kier molecular flexibility index (Phi) is 4.41. The Balaban J connectivity index is 2.08. The van der Waals surface area contributed by atoms with Crippen LogP contribution in [-0.2, 0) is 24.7 Å². The number of sulfone groups is 1. The van der Waals surface area contributed by atoms with Crippen molar-refractivity contribution in [3.63, 3.8) is 0 Å². The van der Waals surface area contributed by atoms with Crippen LogP contribution in [0.2, 0.25) is 0 Å². The highest BCUT2D eigenvalue weighted by molar-refractivity contribution is 7.95. The Bertz CT molecular complexity index is 582. The molecule has 0 aromatic rings. The Hall–Kier alpha value is -0.670. The van der Waals surface area contributed by atoms with Crippen LogP contribution in [0.25, 0.3) is 0 Å². The number of hydrogen-bond donors (Lipinski definition) is 1. The number of sulfonamides is 1. The molecule has 0 radical (unpaired) electrons. The second-order valence-electron chi connectivity index (χ2n) is 5.53. The van der Waals surface area contributed by atoms with Crippen molar-refractivity contribution < 1.29 is 26.7 Å². The lowest BCUT2D eigenvalue weighted by Gasteiger charge is -2.32. The summed E-state index contributed by atoms with van der Waals surface area (Å²) in [6.07, 6.45) is 1.41. The average molecular weight is 325 g/mol. The number of piperidine rings is 1. The van der Waals surface area contributed by atoms with Gasteiger partial charge < -0.3 is 5.11 Å². The number of carboxylic acid groups (broad SMARTS) is 1. The van der Waals surface area contributed by atoms with Crippen LogP contribution in [0.1, 0.15) is 25.7 Å². The van der Waals surface area contributed by atoms with Crippen LogP contribution in [0, 0.1) is 5.92 Å². The average Bonchev–Trinajstić information content (AvgIpc) is 2.70. The highest BCUT2D eigenvalue weighted by Gasteiger charge is 2.41. The predicted molar refractivity (Wildman–Crippen MR) is 72.5 cm³/mol. The number of carboxylic acids is 1. The minimum atomic E-state index is -3.64. The molecule has 0 aromatic carbocycles. The van der Waals surface area contributed by atoms with Gasteiger partial charge in [-0.2, -0.15) is 0 Å². The van der Waals surface area contributed by atoms with Crippen molar-refractivity contribution in [2.45, 2.75) is 30.9 Å². The predicted octanol–water partition coefficient (Wildman–Crippen LogP) is -0.310. The molecule has 2 heterocycles. The zero-order valence-electron chi connectivity index (χ0n) is 11.1. The first-order valence-electron chi connectivity index (χ1n) is 6.62. The van der Waals surface area contributed by atoms with Crippen LogP contribution < -0.4 is 0 Å². The van der Waals surface area contributed by atoms with E-state index in [1.807, 2.05) is 0 Å². The van der Waals surface area contributed by atoms with E-state index in [-0.39, 0.29) is 36.8 Å². The maximum absolute atomic E-state index is 12.4. The van der Waals surface area contributed by atoms with Crippen LogP contribution >= 0.6 is 0 Å². The molecular weight excluding hydrogens is 306 g/mol. The molecule has 2 rings (SSSR count). The van der Waals surface area contributed by atoms with Crippen LogP contribution in [0.15, 0.2) is 0 Å². The summed E-state index contributed by atoms with van der Waals surface area (Å²) >= 11 is 0. The van der Waals surface area contributed by atoms with E-state index in [4.69, 9.17) is 5.11 Å². The third-order valence-electron chi connectivity index (χ3n) is 3.92. The molecule has 2 aliphatic heterocycles. The summed E-state index contributed by atoms with van der Waals surface area (Å²) < 4.78 is 49.0. The quantitative estimate of drug-likeness (QED) is 0.759. The van der Waals surface area contributed by atoms with Gasteiger partial charge in [-0.1, -0.05) is 0 Å². The van der Waals surface area contributed by atoms with Crippen molar-refractivity contribution >= 4 is 25.8 Å². The van der Waals surface area contributed by atoms with Gasteiger partial charge in [-0.3, -0.25) is 4.79 Å². The van der Waals surface area contributed by atoms with Gasteiger partial charge in [0.05, 0.1) is 16.8 Å². The van der Waals surface area contributed by atoms with E-state index >= 15 is 0 Å². The van der Waals surface area contributed by atoms with E-state index in [9.17, 15) is 21.6 Å². The number of hydrogen-bond acceptors (Lipinski definition) is 5. The maximum atomic E-state index is 12.4. The first-order chi connectivity index (χ1) is 9.21. The lowest BCUT2D eigenvalue weighted by Crippen LogP contribution is -2.45. The minimum absolute atomic E-state index is 0.0466. The Morgan fingerprint density at radius 2 is 2.00 bits per heavy atom. The van der Waals surface area contributed by atoms with Gasteiger partial charge in [0.25, 0.3) is 0 Å². The third-order valence-corrected chi connectivity index (χ3v) is 8.19. The van der Waals surface area contributed by atoms with Crippen molar-refractivity contribution in [1.29, 1.82) is 0 Å². The molecule has 2 atom stereocenters. The zero-order valence-corrected chi connectivity index (χ0v) is 12.7. The van der Waals surface area contributed by atoms with Crippen molar-refractivity contribution in [3.05, 3.63) is 0 Å². The summed E-state index contributed by atoms with van der Waals surface area (Å²) in [4.78, 5) is 10.7. The molecule has 0 aliphatic carbocycles. The van der Waals surface area contributed by atoms with Gasteiger partial charge in [0.2, 0.25) is 10.0 Å². The van der Waals surface area contributed by atoms with Crippen molar-refractivity contribution in [1.82, 2.24) is 4.31 Å². The summed E-state index contributed by atoms with van der Waals surface area (Å²) in [5, 5.41) is 7.92. The van der Waals surface area contributed by atoms with Gasteiger partial charge in [-0.15, -0.1) is 0 Å². The molecule has 0 bridgehead atoms. The number of nitrogens with zero attached hydrogens (tertiary/aromatic N) is 1. The van der Waals surface area contributed by atoms with Crippen molar-refractivity contribution in [2.75, 3.05) is 24.6 Å². The summed E-state index contributed by atoms with van der Waals surface area (Å²) in [5.41, 5.74) is 0. The summed E-state index contributed by atoms with van der Waals surface area (Å²) in [6, 6.07) is 0. The fourth-order valence-corrected chi connectivity index (χ4v) is 7.52. The molecule has 0 saturated carbocycles. The third kappa shape index (κ3) is 3.50. The lowest BCUT2D eigenvalue weighted by atomic mass is 9.96. The summed E-state index contributed by atoms with van der Waals surface area (Å²) in [7, 11) is -6.89. The van der Waals surface area contributed by atoms with Crippen LogP contribution in [-0.4, -0.2) is 62.1 Å². The van der Waals surface area contributed by atoms with Gasteiger partial charge in [0.1, 0.15) is 0 Å². The molecular formula is C11H19NO6S2. The van der Waals surface area contributed by atoms with Crippen molar-refractivity contribution in [3.8, 4) is 0 Å². The SMILES string of the molecule is O=C(O)CC1CCCN(S(=O)(=O)C2CCS(=O)(=O)C2)C1. The molecule has 2 fully saturated rings. The van der Waals surface area contributed by atoms with E-state index in [0.717, 1.165) is 0 Å². The van der Waals surface area contributed by atoms with E-state index < -0.39 is 31.1 Å². The second kappa shape index (κ2) is 5.61. The van der Waals surface area contributed by atoms with Crippen LogP contribution in [0.4, 0.5) is 0 Å². The topological polar surface area (TPSA) is 109 Å². The van der Waals surface area contributed by atoms with Crippen LogP contribution in [0.3, 0.4) is 0 Å². The number of rotatable bonds is 4. The Morgan fingerprint density at radius 1 is 1.30 bits per heavy atom. The number of aliphatic carboxylic acids is 1. The Labute approximate surface area is 118 Å². The highest BCUT2D eigenvalue weighted by Crippen LogP contribution is 2.27. The molecule has 20 heavy (non-hydrogen) atoms. The van der Waals surface area contributed by atoms with Gasteiger partial charge in [0, 0.05) is 19.5 Å². The molecule has 2 unspecified atom stereocenters. The smallest absolute Gasteiger partial charge is 0.303 e. The minimum Gasteiger partial charge on any atom is -0.481 e. The molecule has 116 valence electrons. The molecule has 0 aromatic heterocycles. The Morgan fingerprint density at radius 3 is 2.55 bits per heavy atom. The molecule has 9 heteroatoms. The van der Waals surface area contributed by atoms with Gasteiger partial charge in [0.15, 0.2) is 9.84 Å². The van der Waals surface area contributed by atoms with Gasteiger partial charge in [-0.05, 0) is 25.2 Å². The first-order valence-corrected chi connectivity index (χ1v) is 9.94. The standard InChI is InChI=1S/C11H19NO6S2/c13-11(14)6-9-2-1-4-12(7-9)20(17,18)10-3-5-19(15,16)8-10/h9-10H,1-8H2,(H,13,14). The second-order valence-corrected chi connectivity index (χ2v) is 9.98. The molecule has 0 amide bonds. The fourth-order valence-electron chi connectivity index (χ4n) is 2.88. The van der Waals surface area contributed by atoms with E-state index in [1.54, 1.807) is 0 Å². The van der Waals surface area contributed by atoms with E-state index in [0.29, 0.717) is 19.4 Å². The first kappa shape index (κ1) is 15.7. The van der Waals surface area contributed by atoms with Gasteiger partial charge >= 0.3 is 5.97 Å². The normalized spacial score (nSPS) is 31.2. The maximum Gasteiger partial charge on any atom is 0.303 e. The summed E-state index contributed by atoms with van der Waals surface area (Å²) in [6.45, 7) is 0.542. The molecule has 7 nitrogen and oxygen atoms in total. The number of carbonyl (C=O) groups is 1. The fraction of sp³-hybridized carbons (Fsp3) is 0.909. The van der Waals surface area contributed by atoms with Crippen molar-refractivity contribution in [2.24, 2.45) is 5.92 Å². The highest BCUT2D eigenvalue weighted by atomic mass is 32.2.